The number of hydrogen-bond donors (Lipinski definition) is 1. The molecule has 138 valence electrons. The average molecular weight is 357 g/mol. The first-order valence-electron chi connectivity index (χ1n) is 9.32. The molecule has 4 rings (SSSR count). The van der Waals surface area contributed by atoms with Gasteiger partial charge in [0.15, 0.2) is 5.82 Å². The highest BCUT2D eigenvalue weighted by atomic mass is 19.1. The summed E-state index contributed by atoms with van der Waals surface area (Å²) < 4.78 is 13.8. The van der Waals surface area contributed by atoms with Gasteiger partial charge < -0.3 is 4.90 Å². The number of halogens is 1. The molecule has 2 atom stereocenters. The van der Waals surface area contributed by atoms with Gasteiger partial charge in [0.2, 0.25) is 5.91 Å². The second-order valence-electron chi connectivity index (χ2n) is 7.75. The maximum atomic E-state index is 13.8. The van der Waals surface area contributed by atoms with E-state index in [-0.39, 0.29) is 29.9 Å². The number of pyridine rings is 1. The van der Waals surface area contributed by atoms with E-state index in [1.165, 1.54) is 31.2 Å². The van der Waals surface area contributed by atoms with E-state index in [0.717, 1.165) is 11.6 Å². The fourth-order valence-electron chi connectivity index (χ4n) is 3.84. The van der Waals surface area contributed by atoms with Crippen LogP contribution < -0.4 is 0 Å². The van der Waals surface area contributed by atoms with Crippen molar-refractivity contribution in [3.05, 3.63) is 41.5 Å². The number of aromatic nitrogens is 4. The molecule has 2 aromatic rings. The van der Waals surface area contributed by atoms with Gasteiger partial charge in [-0.2, -0.15) is 5.10 Å². The van der Waals surface area contributed by atoms with E-state index in [0.29, 0.717) is 24.9 Å². The summed E-state index contributed by atoms with van der Waals surface area (Å²) in [5.74, 6) is 2.70. The average Bonchev–Trinajstić information content (AvgIpc) is 3.17. The molecule has 2 fully saturated rings. The van der Waals surface area contributed by atoms with Crippen LogP contribution in [0.2, 0.25) is 0 Å². The second-order valence-corrected chi connectivity index (χ2v) is 7.75. The lowest BCUT2D eigenvalue weighted by Gasteiger charge is -2.16. The molecule has 1 aliphatic heterocycles. The second kappa shape index (κ2) is 6.78. The van der Waals surface area contributed by atoms with Gasteiger partial charge in [0, 0.05) is 31.1 Å². The van der Waals surface area contributed by atoms with Crippen LogP contribution in [-0.4, -0.2) is 44.1 Å². The first-order valence-corrected chi connectivity index (χ1v) is 9.32. The Morgan fingerprint density at radius 2 is 2.19 bits per heavy atom. The zero-order valence-corrected chi connectivity index (χ0v) is 15.2. The Bertz CT molecular complexity index is 801. The summed E-state index contributed by atoms with van der Waals surface area (Å²) in [6, 6.07) is 2.88. The molecule has 0 spiro atoms. The van der Waals surface area contributed by atoms with Gasteiger partial charge in [-0.05, 0) is 36.8 Å². The third kappa shape index (κ3) is 3.34. The number of aromatic amines is 1. The molecule has 1 aliphatic carbocycles. The van der Waals surface area contributed by atoms with Gasteiger partial charge in [-0.1, -0.05) is 13.8 Å². The Morgan fingerprint density at radius 1 is 1.38 bits per heavy atom. The Morgan fingerprint density at radius 3 is 2.85 bits per heavy atom. The first-order chi connectivity index (χ1) is 12.5. The van der Waals surface area contributed by atoms with E-state index < -0.39 is 5.82 Å². The third-order valence-electron chi connectivity index (χ3n) is 5.49. The largest absolute Gasteiger partial charge is 0.341 e. The smallest absolute Gasteiger partial charge is 0.228 e. The molecule has 1 amide bonds. The minimum atomic E-state index is -0.424. The SMILES string of the molecule is CC(C)c1n[nH]c([C@H]2CN(C(=O)Cc3ncccc3F)C[C@@H]2C2CC2)n1. The van der Waals surface area contributed by atoms with Gasteiger partial charge in [-0.3, -0.25) is 14.9 Å². The van der Waals surface area contributed by atoms with Crippen molar-refractivity contribution in [1.82, 2.24) is 25.1 Å². The highest BCUT2D eigenvalue weighted by Crippen LogP contribution is 2.47. The Labute approximate surface area is 152 Å². The summed E-state index contributed by atoms with van der Waals surface area (Å²) in [4.78, 5) is 23.2. The zero-order valence-electron chi connectivity index (χ0n) is 15.2. The number of nitrogens with zero attached hydrogens (tertiary/aromatic N) is 4. The molecule has 1 saturated carbocycles. The molecule has 7 heteroatoms. The molecular formula is C19H24FN5O. The molecule has 3 heterocycles. The molecule has 2 aliphatic rings. The van der Waals surface area contributed by atoms with Crippen LogP contribution in [0.25, 0.3) is 0 Å². The van der Waals surface area contributed by atoms with Crippen LogP contribution >= 0.6 is 0 Å². The van der Waals surface area contributed by atoms with Crippen LogP contribution in [-0.2, 0) is 11.2 Å². The van der Waals surface area contributed by atoms with Gasteiger partial charge >= 0.3 is 0 Å². The van der Waals surface area contributed by atoms with Gasteiger partial charge in [0.1, 0.15) is 11.6 Å². The van der Waals surface area contributed by atoms with Gasteiger partial charge in [-0.25, -0.2) is 9.37 Å². The van der Waals surface area contributed by atoms with Crippen molar-refractivity contribution in [3.8, 4) is 0 Å². The van der Waals surface area contributed by atoms with Gasteiger partial charge in [0.25, 0.3) is 0 Å². The van der Waals surface area contributed by atoms with Crippen LogP contribution in [0.3, 0.4) is 0 Å². The number of H-pyrrole nitrogens is 1. The molecule has 26 heavy (non-hydrogen) atoms. The molecule has 1 N–H and O–H groups in total. The summed E-state index contributed by atoms with van der Waals surface area (Å²) in [6.07, 6.45) is 3.95. The fourth-order valence-corrected chi connectivity index (χ4v) is 3.84. The first kappa shape index (κ1) is 17.1. The number of likely N-dealkylation sites (tertiary alicyclic amines) is 1. The van der Waals surface area contributed by atoms with Crippen molar-refractivity contribution in [3.63, 3.8) is 0 Å². The Balaban J connectivity index is 1.50. The third-order valence-corrected chi connectivity index (χ3v) is 5.49. The summed E-state index contributed by atoms with van der Waals surface area (Å²) in [5.41, 5.74) is 0.214. The molecule has 0 aromatic carbocycles. The minimum Gasteiger partial charge on any atom is -0.341 e. The number of carbonyl (C=O) groups excluding carboxylic acids is 1. The van der Waals surface area contributed by atoms with Crippen LogP contribution in [0.1, 0.15) is 55.9 Å². The van der Waals surface area contributed by atoms with Crippen LogP contribution in [0, 0.1) is 17.7 Å². The molecule has 0 bridgehead atoms. The number of hydrogen-bond acceptors (Lipinski definition) is 4. The minimum absolute atomic E-state index is 0.00439. The number of nitrogens with one attached hydrogen (secondary N) is 1. The maximum Gasteiger partial charge on any atom is 0.228 e. The molecule has 0 radical (unpaired) electrons. The van der Waals surface area contributed by atoms with Crippen molar-refractivity contribution in [1.29, 1.82) is 0 Å². The number of rotatable bonds is 5. The topological polar surface area (TPSA) is 74.8 Å². The van der Waals surface area contributed by atoms with E-state index in [9.17, 15) is 9.18 Å². The fraction of sp³-hybridized carbons (Fsp3) is 0.579. The lowest BCUT2D eigenvalue weighted by atomic mass is 9.91. The summed E-state index contributed by atoms with van der Waals surface area (Å²) in [7, 11) is 0. The van der Waals surface area contributed by atoms with Crippen LogP contribution in [0.5, 0.6) is 0 Å². The highest BCUT2D eigenvalue weighted by molar-refractivity contribution is 5.78. The number of amides is 1. The Kier molecular flexibility index (Phi) is 4.46. The molecule has 6 nitrogen and oxygen atoms in total. The predicted molar refractivity (Wildman–Crippen MR) is 93.9 cm³/mol. The van der Waals surface area contributed by atoms with Crippen molar-refractivity contribution >= 4 is 5.91 Å². The molecule has 2 aromatic heterocycles. The van der Waals surface area contributed by atoms with Crippen LogP contribution in [0.4, 0.5) is 4.39 Å². The van der Waals surface area contributed by atoms with Gasteiger partial charge in [-0.15, -0.1) is 0 Å². The van der Waals surface area contributed by atoms with E-state index in [1.807, 2.05) is 4.90 Å². The van der Waals surface area contributed by atoms with Crippen LogP contribution in [0.15, 0.2) is 18.3 Å². The summed E-state index contributed by atoms with van der Waals surface area (Å²) >= 11 is 0. The molecule has 1 saturated heterocycles. The number of carbonyl (C=O) groups is 1. The maximum absolute atomic E-state index is 13.8. The van der Waals surface area contributed by atoms with Crippen molar-refractivity contribution in [2.24, 2.45) is 11.8 Å². The Hall–Kier alpha value is -2.31. The highest BCUT2D eigenvalue weighted by Gasteiger charge is 2.45. The predicted octanol–water partition coefficient (Wildman–Crippen LogP) is 2.66. The molecular weight excluding hydrogens is 333 g/mol. The van der Waals surface area contributed by atoms with E-state index in [1.54, 1.807) is 0 Å². The van der Waals surface area contributed by atoms with Crippen molar-refractivity contribution < 1.29 is 9.18 Å². The van der Waals surface area contributed by atoms with E-state index >= 15 is 0 Å². The lowest BCUT2D eigenvalue weighted by molar-refractivity contribution is -0.129. The quantitative estimate of drug-likeness (QED) is 0.893. The monoisotopic (exact) mass is 357 g/mol. The molecule has 0 unspecified atom stereocenters. The standard InChI is InChI=1S/C19H24FN5O/c1-11(2)18-22-19(24-23-18)14-10-25(9-13(14)12-5-6-12)17(26)8-16-15(20)4-3-7-21-16/h3-4,7,11-14H,5-6,8-10H2,1-2H3,(H,22,23,24)/t13-,14+/m1/s1. The summed E-state index contributed by atoms with van der Waals surface area (Å²) in [5, 5.41) is 7.41. The van der Waals surface area contributed by atoms with Gasteiger partial charge in [0.05, 0.1) is 12.1 Å². The lowest BCUT2D eigenvalue weighted by Crippen LogP contribution is -2.31. The summed E-state index contributed by atoms with van der Waals surface area (Å²) in [6.45, 7) is 5.45. The van der Waals surface area contributed by atoms with Crippen molar-refractivity contribution in [2.45, 2.75) is 44.9 Å². The van der Waals surface area contributed by atoms with E-state index in [4.69, 9.17) is 0 Å². The zero-order chi connectivity index (χ0) is 18.3. The van der Waals surface area contributed by atoms with E-state index in [2.05, 4.69) is 34.0 Å². The normalized spacial score (nSPS) is 23.0. The van der Waals surface area contributed by atoms with Crippen molar-refractivity contribution in [2.75, 3.05) is 13.1 Å².